The fourth-order valence-electron chi connectivity index (χ4n) is 6.27. The molecule has 326 valence electrons. The highest BCUT2D eigenvalue weighted by Gasteiger charge is 2.31. The maximum absolute atomic E-state index is 12.9. The van der Waals surface area contributed by atoms with Crippen LogP contribution >= 0.6 is 0 Å². The topological polar surface area (TPSA) is 94.2 Å². The van der Waals surface area contributed by atoms with Crippen LogP contribution in [0, 0.1) is 5.92 Å². The van der Waals surface area contributed by atoms with Crippen molar-refractivity contribution in [3.05, 3.63) is 60.8 Å². The smallest absolute Gasteiger partial charge is 0.407 e. The van der Waals surface area contributed by atoms with Crippen molar-refractivity contribution in [3.8, 4) is 0 Å². The number of halogens is 2. The molecular weight excluding hydrogens is 727 g/mol. The molecule has 0 aromatic carbocycles. The minimum atomic E-state index is -0.956. The largest absolute Gasteiger partial charge is 0.462 e. The van der Waals surface area contributed by atoms with Gasteiger partial charge in [0.1, 0.15) is 13.2 Å². The van der Waals surface area contributed by atoms with E-state index in [1.807, 2.05) is 4.90 Å². The molecule has 0 aromatic heterocycles. The number of nitrogens with one attached hydrogen (secondary N) is 1. The first kappa shape index (κ1) is 51.7. The van der Waals surface area contributed by atoms with Gasteiger partial charge in [-0.1, -0.05) is 126 Å². The number of hydrogen-bond donors (Lipinski definition) is 1. The molecule has 57 heavy (non-hydrogen) atoms. The highest BCUT2D eigenvalue weighted by Crippen LogP contribution is 2.14. The number of carbonyl (C=O) groups excluding carboxylic acids is 3. The molecule has 1 aliphatic heterocycles. The van der Waals surface area contributed by atoms with E-state index < -0.39 is 31.5 Å². The number of unbranched alkanes of at least 4 members (excludes halogenated alkanes) is 13. The number of likely N-dealkylation sites (tertiary alicyclic amines) is 1. The summed E-state index contributed by atoms with van der Waals surface area (Å²) in [5, 5.41) is 2.74. The van der Waals surface area contributed by atoms with Crippen molar-refractivity contribution < 1.29 is 37.4 Å². The minimum absolute atomic E-state index is 0.216. The maximum atomic E-state index is 12.9. The number of ether oxygens (including phenoxy) is 3. The van der Waals surface area contributed by atoms with Gasteiger partial charge in [0.25, 0.3) is 0 Å². The van der Waals surface area contributed by atoms with E-state index in [2.05, 4.69) is 79.9 Å². The van der Waals surface area contributed by atoms with Crippen LogP contribution in [0.3, 0.4) is 0 Å². The van der Waals surface area contributed by atoms with E-state index in [1.54, 1.807) is 0 Å². The number of carbonyl (C=O) groups is 3. The number of amides is 1. The average Bonchev–Trinajstić information content (AvgIpc) is 3.19. The fourth-order valence-corrected chi connectivity index (χ4v) is 6.27. The molecule has 1 unspecified atom stereocenters. The van der Waals surface area contributed by atoms with Crippen molar-refractivity contribution in [1.29, 1.82) is 0 Å². The Morgan fingerprint density at radius 1 is 0.614 bits per heavy atom. The Kier molecular flexibility index (Phi) is 34.7. The number of hydrogen-bond acceptors (Lipinski definition) is 7. The molecule has 8 nitrogen and oxygen atoms in total. The van der Waals surface area contributed by atoms with Crippen LogP contribution in [0.4, 0.5) is 13.6 Å². The van der Waals surface area contributed by atoms with Crippen LogP contribution in [0.1, 0.15) is 155 Å². The third-order valence-corrected chi connectivity index (χ3v) is 9.73. The standard InChI is InChI=1S/C47H78F2N2O6/c1-3-5-7-9-11-13-15-17-19-21-23-25-27-29-31-33-45(52)55-40-44(57-47(54)50-43-38-51(39-43)37-42(35-48)36-49)41-56-46(53)34-32-30-28-26-24-22-20-18-16-14-12-10-8-6-4-2/h5,7,11-14,17-20,42-44H,3-4,6,8-10,15-16,21-41H2,1-2H3,(H,50,54)/b7-5-,13-11-,14-12-,19-17-,20-18-. The highest BCUT2D eigenvalue weighted by atomic mass is 19.1. The van der Waals surface area contributed by atoms with E-state index in [-0.39, 0.29) is 50.6 Å². The van der Waals surface area contributed by atoms with Crippen molar-refractivity contribution in [1.82, 2.24) is 10.2 Å². The predicted molar refractivity (Wildman–Crippen MR) is 230 cm³/mol. The lowest BCUT2D eigenvalue weighted by atomic mass is 10.1. The zero-order chi connectivity index (χ0) is 41.4. The van der Waals surface area contributed by atoms with E-state index in [1.165, 1.54) is 25.7 Å². The van der Waals surface area contributed by atoms with Gasteiger partial charge in [-0.25, -0.2) is 4.79 Å². The van der Waals surface area contributed by atoms with Gasteiger partial charge in [0.15, 0.2) is 6.10 Å². The van der Waals surface area contributed by atoms with Gasteiger partial charge >= 0.3 is 18.0 Å². The maximum Gasteiger partial charge on any atom is 0.407 e. The van der Waals surface area contributed by atoms with E-state index >= 15 is 0 Å². The van der Waals surface area contributed by atoms with Crippen molar-refractivity contribution in [2.24, 2.45) is 5.92 Å². The summed E-state index contributed by atoms with van der Waals surface area (Å²) in [7, 11) is 0. The van der Waals surface area contributed by atoms with Crippen molar-refractivity contribution in [2.75, 3.05) is 46.2 Å². The zero-order valence-corrected chi connectivity index (χ0v) is 35.7. The van der Waals surface area contributed by atoms with E-state index in [9.17, 15) is 23.2 Å². The number of allylic oxidation sites excluding steroid dienone is 10. The van der Waals surface area contributed by atoms with Crippen molar-refractivity contribution in [3.63, 3.8) is 0 Å². The monoisotopic (exact) mass is 805 g/mol. The molecule has 1 aliphatic rings. The Morgan fingerprint density at radius 3 is 1.53 bits per heavy atom. The summed E-state index contributed by atoms with van der Waals surface area (Å²) in [6.07, 6.45) is 42.0. The number of alkyl carbamates (subject to hydrolysis) is 1. The van der Waals surface area contributed by atoms with Gasteiger partial charge in [-0.15, -0.1) is 0 Å². The van der Waals surface area contributed by atoms with Gasteiger partial charge in [0, 0.05) is 38.4 Å². The van der Waals surface area contributed by atoms with Crippen molar-refractivity contribution >= 4 is 18.0 Å². The molecule has 0 spiro atoms. The van der Waals surface area contributed by atoms with Gasteiger partial charge in [0.05, 0.1) is 19.4 Å². The minimum Gasteiger partial charge on any atom is -0.462 e. The predicted octanol–water partition coefficient (Wildman–Crippen LogP) is 11.8. The number of alkyl halides is 2. The molecule has 0 saturated carbocycles. The lowest BCUT2D eigenvalue weighted by Gasteiger charge is -2.40. The lowest BCUT2D eigenvalue weighted by molar-refractivity contribution is -0.152. The quantitative estimate of drug-likeness (QED) is 0.0289. The molecule has 1 N–H and O–H groups in total. The van der Waals surface area contributed by atoms with Gasteiger partial charge in [-0.05, 0) is 77.0 Å². The molecule has 0 aromatic rings. The molecule has 1 amide bonds. The first-order valence-electron chi connectivity index (χ1n) is 22.3. The Labute approximate surface area is 345 Å². The Morgan fingerprint density at radius 2 is 1.05 bits per heavy atom. The highest BCUT2D eigenvalue weighted by molar-refractivity contribution is 5.70. The normalized spacial score (nSPS) is 14.5. The fraction of sp³-hybridized carbons (Fsp3) is 0.723. The summed E-state index contributed by atoms with van der Waals surface area (Å²) < 4.78 is 42.2. The van der Waals surface area contributed by atoms with Gasteiger partial charge in [-0.2, -0.15) is 0 Å². The van der Waals surface area contributed by atoms with Gasteiger partial charge < -0.3 is 19.5 Å². The Hall–Kier alpha value is -3.27. The summed E-state index contributed by atoms with van der Waals surface area (Å²) in [5.74, 6) is -1.43. The molecule has 1 fully saturated rings. The first-order chi connectivity index (χ1) is 27.9. The molecule has 0 aliphatic carbocycles. The second kappa shape index (κ2) is 38.3. The van der Waals surface area contributed by atoms with Crippen molar-refractivity contribution in [2.45, 2.75) is 167 Å². The SMILES string of the molecule is CC/C=C\C/C=C\C/C=C\CCCCCCCC(=O)OCC(COC(=O)CCCCCCC/C=C\C/C=C\CCCCC)OC(=O)NC1CN(CC(CF)CF)C1. The van der Waals surface area contributed by atoms with Gasteiger partial charge in [-0.3, -0.25) is 23.3 Å². The van der Waals surface area contributed by atoms with E-state index in [0.29, 0.717) is 25.9 Å². The molecule has 0 radical (unpaired) electrons. The lowest BCUT2D eigenvalue weighted by Crippen LogP contribution is -2.60. The number of nitrogens with zero attached hydrogens (tertiary/aromatic N) is 1. The Balaban J connectivity index is 2.33. The summed E-state index contributed by atoms with van der Waals surface area (Å²) in [6, 6.07) is -0.224. The number of rotatable bonds is 37. The van der Waals surface area contributed by atoms with Crippen LogP contribution in [0.15, 0.2) is 60.8 Å². The van der Waals surface area contributed by atoms with Gasteiger partial charge in [0.2, 0.25) is 0 Å². The first-order valence-corrected chi connectivity index (χ1v) is 22.3. The Bertz CT molecular complexity index is 1150. The third kappa shape index (κ3) is 32.4. The van der Waals surface area contributed by atoms with Crippen LogP contribution in [0.2, 0.25) is 0 Å². The number of esters is 2. The molecular formula is C47H78F2N2O6. The second-order valence-electron chi connectivity index (χ2n) is 15.2. The van der Waals surface area contributed by atoms with Crippen LogP contribution in [0.5, 0.6) is 0 Å². The van der Waals surface area contributed by atoms with Crippen LogP contribution in [0.25, 0.3) is 0 Å². The molecule has 1 rings (SSSR count). The van der Waals surface area contributed by atoms with E-state index in [0.717, 1.165) is 89.9 Å². The molecule has 1 atom stereocenters. The summed E-state index contributed by atoms with van der Waals surface area (Å²) in [5.41, 5.74) is 0. The summed E-state index contributed by atoms with van der Waals surface area (Å²) >= 11 is 0. The molecule has 1 saturated heterocycles. The van der Waals surface area contributed by atoms with Crippen LogP contribution in [-0.4, -0.2) is 81.3 Å². The van der Waals surface area contributed by atoms with E-state index in [4.69, 9.17) is 14.2 Å². The third-order valence-electron chi connectivity index (χ3n) is 9.73. The second-order valence-corrected chi connectivity index (χ2v) is 15.2. The van der Waals surface area contributed by atoms with Crippen LogP contribution in [-0.2, 0) is 23.8 Å². The molecule has 1 heterocycles. The molecule has 10 heteroatoms. The average molecular weight is 805 g/mol. The summed E-state index contributed by atoms with van der Waals surface area (Å²) in [6.45, 7) is 3.68. The zero-order valence-electron chi connectivity index (χ0n) is 35.7. The summed E-state index contributed by atoms with van der Waals surface area (Å²) in [4.78, 5) is 39.6. The van der Waals surface area contributed by atoms with Crippen LogP contribution < -0.4 is 5.32 Å². The molecule has 0 bridgehead atoms.